The summed E-state index contributed by atoms with van der Waals surface area (Å²) in [5, 5.41) is 3.34. The minimum absolute atomic E-state index is 0.396. The summed E-state index contributed by atoms with van der Waals surface area (Å²) in [7, 11) is 2.00. The number of aromatic nitrogens is 3. The molecule has 0 saturated heterocycles. The quantitative estimate of drug-likeness (QED) is 0.894. The van der Waals surface area contributed by atoms with E-state index in [0.29, 0.717) is 6.04 Å². The van der Waals surface area contributed by atoms with Crippen molar-refractivity contribution in [2.24, 2.45) is 0 Å². The van der Waals surface area contributed by atoms with E-state index in [1.54, 1.807) is 6.20 Å². The average molecular weight is 254 g/mol. The smallest absolute Gasteiger partial charge is 0.161 e. The summed E-state index contributed by atoms with van der Waals surface area (Å²) in [5.41, 5.74) is 4.62. The topological polar surface area (TPSA) is 50.7 Å². The first-order valence-corrected chi connectivity index (χ1v) is 6.73. The van der Waals surface area contributed by atoms with Gasteiger partial charge in [-0.1, -0.05) is 0 Å². The van der Waals surface area contributed by atoms with Gasteiger partial charge in [0, 0.05) is 41.5 Å². The fraction of sp³-hybridized carbons (Fsp3) is 0.400. The number of rotatable bonds is 2. The SMILES string of the molecule is CNC1CCCc2nc(-c3cnccc3C)ncc21. The molecule has 1 unspecified atom stereocenters. The summed E-state index contributed by atoms with van der Waals surface area (Å²) in [6.45, 7) is 2.07. The maximum atomic E-state index is 4.75. The van der Waals surface area contributed by atoms with Gasteiger partial charge in [-0.05, 0) is 44.9 Å². The Hall–Kier alpha value is -1.81. The molecule has 0 spiro atoms. The van der Waals surface area contributed by atoms with Gasteiger partial charge < -0.3 is 5.32 Å². The molecule has 0 amide bonds. The van der Waals surface area contributed by atoms with Crippen LogP contribution in [0.25, 0.3) is 11.4 Å². The van der Waals surface area contributed by atoms with Crippen LogP contribution in [0, 0.1) is 6.92 Å². The van der Waals surface area contributed by atoms with Crippen molar-refractivity contribution < 1.29 is 0 Å². The highest BCUT2D eigenvalue weighted by Crippen LogP contribution is 2.29. The van der Waals surface area contributed by atoms with Crippen molar-refractivity contribution in [3.8, 4) is 11.4 Å². The molecule has 0 aliphatic heterocycles. The van der Waals surface area contributed by atoms with Gasteiger partial charge in [-0.3, -0.25) is 4.98 Å². The Bertz CT molecular complexity index is 594. The van der Waals surface area contributed by atoms with Crippen molar-refractivity contribution in [1.29, 1.82) is 0 Å². The molecule has 0 radical (unpaired) electrons. The number of fused-ring (bicyclic) bond motifs is 1. The second kappa shape index (κ2) is 5.05. The van der Waals surface area contributed by atoms with E-state index < -0.39 is 0 Å². The summed E-state index contributed by atoms with van der Waals surface area (Å²) in [6, 6.07) is 2.39. The first-order chi connectivity index (χ1) is 9.29. The molecule has 19 heavy (non-hydrogen) atoms. The molecule has 1 atom stereocenters. The van der Waals surface area contributed by atoms with Crippen LogP contribution in [-0.2, 0) is 6.42 Å². The van der Waals surface area contributed by atoms with Crippen LogP contribution in [0.1, 0.15) is 35.7 Å². The van der Waals surface area contributed by atoms with Crippen LogP contribution in [-0.4, -0.2) is 22.0 Å². The Labute approximate surface area is 113 Å². The highest BCUT2D eigenvalue weighted by Gasteiger charge is 2.21. The number of nitrogens with one attached hydrogen (secondary N) is 1. The van der Waals surface area contributed by atoms with Gasteiger partial charge in [-0.15, -0.1) is 0 Å². The van der Waals surface area contributed by atoms with Crippen LogP contribution >= 0.6 is 0 Å². The van der Waals surface area contributed by atoms with Crippen molar-refractivity contribution in [3.05, 3.63) is 41.5 Å². The highest BCUT2D eigenvalue weighted by atomic mass is 14.9. The number of aryl methyl sites for hydroxylation is 2. The van der Waals surface area contributed by atoms with Crippen LogP contribution in [0.5, 0.6) is 0 Å². The highest BCUT2D eigenvalue weighted by molar-refractivity contribution is 5.58. The molecule has 2 aromatic rings. The van der Waals surface area contributed by atoms with Crippen LogP contribution < -0.4 is 5.32 Å². The average Bonchev–Trinajstić information content (AvgIpc) is 2.46. The third-order valence-electron chi connectivity index (χ3n) is 3.81. The monoisotopic (exact) mass is 254 g/mol. The van der Waals surface area contributed by atoms with Gasteiger partial charge in [0.2, 0.25) is 0 Å². The van der Waals surface area contributed by atoms with E-state index in [0.717, 1.165) is 29.8 Å². The molecule has 3 rings (SSSR count). The molecule has 0 bridgehead atoms. The first-order valence-electron chi connectivity index (χ1n) is 6.73. The zero-order valence-corrected chi connectivity index (χ0v) is 11.3. The van der Waals surface area contributed by atoms with Crippen LogP contribution in [0.3, 0.4) is 0 Å². The van der Waals surface area contributed by atoms with Crippen LogP contribution in [0.4, 0.5) is 0 Å². The molecule has 2 heterocycles. The predicted molar refractivity (Wildman–Crippen MR) is 74.7 cm³/mol. The standard InChI is InChI=1S/C15H18N4/c1-10-6-7-17-8-11(10)15-18-9-12-13(16-2)4-3-5-14(12)19-15/h6-9,13,16H,3-5H2,1-2H3. The molecule has 1 aliphatic rings. The molecule has 1 aliphatic carbocycles. The lowest BCUT2D eigenvalue weighted by Gasteiger charge is -2.24. The summed E-state index contributed by atoms with van der Waals surface area (Å²) in [5.74, 6) is 0.793. The molecule has 4 nitrogen and oxygen atoms in total. The molecule has 1 N–H and O–H groups in total. The van der Waals surface area contributed by atoms with Gasteiger partial charge in [-0.2, -0.15) is 0 Å². The minimum Gasteiger partial charge on any atom is -0.313 e. The van der Waals surface area contributed by atoms with Crippen molar-refractivity contribution in [1.82, 2.24) is 20.3 Å². The second-order valence-corrected chi connectivity index (χ2v) is 5.02. The molecule has 2 aromatic heterocycles. The zero-order valence-electron chi connectivity index (χ0n) is 11.3. The Morgan fingerprint density at radius 1 is 1.32 bits per heavy atom. The molecule has 4 heteroatoms. The molecule has 98 valence electrons. The van der Waals surface area contributed by atoms with Crippen molar-refractivity contribution in [2.45, 2.75) is 32.2 Å². The van der Waals surface area contributed by atoms with E-state index in [-0.39, 0.29) is 0 Å². The van der Waals surface area contributed by atoms with Gasteiger partial charge >= 0.3 is 0 Å². The van der Waals surface area contributed by atoms with Gasteiger partial charge in [0.05, 0.1) is 0 Å². The predicted octanol–water partition coefficient (Wildman–Crippen LogP) is 2.44. The van der Waals surface area contributed by atoms with Crippen LogP contribution in [0.2, 0.25) is 0 Å². The van der Waals surface area contributed by atoms with Gasteiger partial charge in [0.15, 0.2) is 5.82 Å². The lowest BCUT2D eigenvalue weighted by atomic mass is 9.92. The summed E-state index contributed by atoms with van der Waals surface area (Å²) in [4.78, 5) is 13.5. The summed E-state index contributed by atoms with van der Waals surface area (Å²) < 4.78 is 0. The number of hydrogen-bond acceptors (Lipinski definition) is 4. The van der Waals surface area contributed by atoms with Gasteiger partial charge in [-0.25, -0.2) is 9.97 Å². The number of hydrogen-bond donors (Lipinski definition) is 1. The third kappa shape index (κ3) is 2.24. The molecule has 0 aromatic carbocycles. The maximum Gasteiger partial charge on any atom is 0.161 e. The van der Waals surface area contributed by atoms with E-state index in [1.807, 2.05) is 25.5 Å². The fourth-order valence-electron chi connectivity index (χ4n) is 2.67. The van der Waals surface area contributed by atoms with E-state index >= 15 is 0 Å². The molecule has 0 fully saturated rings. The zero-order chi connectivity index (χ0) is 13.2. The Kier molecular flexibility index (Phi) is 3.25. The van der Waals surface area contributed by atoms with Crippen molar-refractivity contribution in [3.63, 3.8) is 0 Å². The molecular formula is C15H18N4. The third-order valence-corrected chi connectivity index (χ3v) is 3.81. The Morgan fingerprint density at radius 3 is 3.00 bits per heavy atom. The van der Waals surface area contributed by atoms with Gasteiger partial charge in [0.25, 0.3) is 0 Å². The molecule has 0 saturated carbocycles. The van der Waals surface area contributed by atoms with E-state index in [1.165, 1.54) is 17.7 Å². The minimum atomic E-state index is 0.396. The first kappa shape index (κ1) is 12.2. The van der Waals surface area contributed by atoms with Gasteiger partial charge in [0.1, 0.15) is 0 Å². The van der Waals surface area contributed by atoms with E-state index in [2.05, 4.69) is 22.2 Å². The number of pyridine rings is 1. The maximum absolute atomic E-state index is 4.75. The van der Waals surface area contributed by atoms with Crippen molar-refractivity contribution >= 4 is 0 Å². The lowest BCUT2D eigenvalue weighted by molar-refractivity contribution is 0.488. The summed E-state index contributed by atoms with van der Waals surface area (Å²) >= 11 is 0. The summed E-state index contributed by atoms with van der Waals surface area (Å²) in [6.07, 6.45) is 9.01. The van der Waals surface area contributed by atoms with Crippen molar-refractivity contribution in [2.75, 3.05) is 7.05 Å². The normalized spacial score (nSPS) is 18.1. The fourth-order valence-corrected chi connectivity index (χ4v) is 2.67. The van der Waals surface area contributed by atoms with E-state index in [4.69, 9.17) is 4.98 Å². The van der Waals surface area contributed by atoms with Crippen LogP contribution in [0.15, 0.2) is 24.7 Å². The number of nitrogens with zero attached hydrogens (tertiary/aromatic N) is 3. The lowest BCUT2D eigenvalue weighted by Crippen LogP contribution is -2.22. The second-order valence-electron chi connectivity index (χ2n) is 5.02. The Morgan fingerprint density at radius 2 is 2.21 bits per heavy atom. The Balaban J connectivity index is 2.05. The largest absolute Gasteiger partial charge is 0.313 e. The van der Waals surface area contributed by atoms with E-state index in [9.17, 15) is 0 Å². The molecular weight excluding hydrogens is 236 g/mol.